The van der Waals surface area contributed by atoms with Crippen molar-refractivity contribution in [2.24, 2.45) is 11.1 Å². The second-order valence-corrected chi connectivity index (χ2v) is 5.07. The molecule has 1 amide bonds. The minimum absolute atomic E-state index is 0.229. The first-order valence-corrected chi connectivity index (χ1v) is 5.84. The molecule has 0 bridgehead atoms. The van der Waals surface area contributed by atoms with Gasteiger partial charge < -0.3 is 10.6 Å². The average molecular weight is 255 g/mol. The number of carbonyl (C=O) groups excluding carboxylic acids is 1. The number of rotatable bonds is 2. The normalized spacial score (nSPS) is 24.1. The molecule has 0 aliphatic carbocycles. The Morgan fingerprint density at radius 2 is 2.29 bits per heavy atom. The van der Waals surface area contributed by atoms with Crippen molar-refractivity contribution in [2.75, 3.05) is 18.0 Å². The van der Waals surface area contributed by atoms with E-state index < -0.39 is 5.41 Å². The molecule has 0 aromatic carbocycles. The fourth-order valence-corrected chi connectivity index (χ4v) is 2.26. The van der Waals surface area contributed by atoms with E-state index >= 15 is 0 Å². The van der Waals surface area contributed by atoms with Gasteiger partial charge in [-0.3, -0.25) is 4.79 Å². The lowest BCUT2D eigenvalue weighted by Crippen LogP contribution is -2.37. The molecule has 1 aromatic rings. The fraction of sp³-hybridized carbons (Fsp3) is 0.545. The lowest BCUT2D eigenvalue weighted by Gasteiger charge is -2.21. The van der Waals surface area contributed by atoms with Crippen LogP contribution in [0.15, 0.2) is 6.07 Å². The Morgan fingerprint density at radius 1 is 1.59 bits per heavy atom. The number of amides is 1. The molecule has 1 atom stereocenters. The number of primary amides is 1. The monoisotopic (exact) mass is 254 g/mol. The maximum Gasteiger partial charge on any atom is 0.225 e. The van der Waals surface area contributed by atoms with E-state index in [4.69, 9.17) is 17.3 Å². The zero-order valence-electron chi connectivity index (χ0n) is 9.90. The van der Waals surface area contributed by atoms with Crippen molar-refractivity contribution in [3.8, 4) is 0 Å². The van der Waals surface area contributed by atoms with Gasteiger partial charge in [-0.25, -0.2) is 9.97 Å². The molecule has 0 radical (unpaired) electrons. The number of halogens is 1. The summed E-state index contributed by atoms with van der Waals surface area (Å²) >= 11 is 5.82. The van der Waals surface area contributed by atoms with Crippen molar-refractivity contribution in [3.05, 3.63) is 17.0 Å². The first-order valence-electron chi connectivity index (χ1n) is 5.47. The van der Waals surface area contributed by atoms with E-state index in [9.17, 15) is 4.79 Å². The number of anilines is 1. The quantitative estimate of drug-likeness (QED) is 0.804. The molecule has 5 nitrogen and oxygen atoms in total. The van der Waals surface area contributed by atoms with Crippen LogP contribution < -0.4 is 10.6 Å². The minimum Gasteiger partial charge on any atom is -0.369 e. The summed E-state index contributed by atoms with van der Waals surface area (Å²) in [6.45, 7) is 5.08. The Labute approximate surface area is 105 Å². The van der Waals surface area contributed by atoms with Crippen molar-refractivity contribution in [2.45, 2.75) is 20.3 Å². The number of aryl methyl sites for hydroxylation is 1. The van der Waals surface area contributed by atoms with Gasteiger partial charge in [-0.2, -0.15) is 0 Å². The molecule has 1 unspecified atom stereocenters. The number of aromatic nitrogens is 2. The summed E-state index contributed by atoms with van der Waals surface area (Å²) in [7, 11) is 0. The highest BCUT2D eigenvalue weighted by atomic mass is 35.5. The minimum atomic E-state index is -0.481. The molecule has 1 aliphatic rings. The average Bonchev–Trinajstić information content (AvgIpc) is 2.61. The van der Waals surface area contributed by atoms with Crippen LogP contribution in [0.1, 0.15) is 19.0 Å². The van der Waals surface area contributed by atoms with Crippen molar-refractivity contribution in [1.82, 2.24) is 9.97 Å². The molecule has 1 aromatic heterocycles. The van der Waals surface area contributed by atoms with Crippen LogP contribution in [0, 0.1) is 12.3 Å². The van der Waals surface area contributed by atoms with Gasteiger partial charge in [-0.1, -0.05) is 0 Å². The number of carbonyl (C=O) groups is 1. The first kappa shape index (κ1) is 12.1. The molecule has 0 spiro atoms. The van der Waals surface area contributed by atoms with Crippen molar-refractivity contribution in [3.63, 3.8) is 0 Å². The summed E-state index contributed by atoms with van der Waals surface area (Å²) in [6.07, 6.45) is 0.739. The predicted octanol–water partition coefficient (Wildman–Crippen LogP) is 1.14. The third kappa shape index (κ3) is 2.34. The maximum absolute atomic E-state index is 11.4. The smallest absolute Gasteiger partial charge is 0.225 e. The lowest BCUT2D eigenvalue weighted by atomic mass is 9.89. The Balaban J connectivity index is 2.23. The van der Waals surface area contributed by atoms with Crippen LogP contribution in [-0.4, -0.2) is 29.0 Å². The summed E-state index contributed by atoms with van der Waals surface area (Å²) < 4.78 is 0. The van der Waals surface area contributed by atoms with Crippen LogP contribution in [0.25, 0.3) is 0 Å². The molecule has 6 heteroatoms. The molecule has 17 heavy (non-hydrogen) atoms. The van der Waals surface area contributed by atoms with E-state index in [1.54, 1.807) is 0 Å². The Bertz CT molecular complexity index is 445. The number of nitrogens with two attached hydrogens (primary N) is 1. The SMILES string of the molecule is Cc1cc(N2CCC(C)(C(N)=O)C2)nc(Cl)n1. The standard InChI is InChI=1S/C11H15ClN4O/c1-7-5-8(15-10(12)14-7)16-4-3-11(2,6-16)9(13)17/h5H,3-4,6H2,1-2H3,(H2,13,17). The van der Waals surface area contributed by atoms with Crippen LogP contribution in [-0.2, 0) is 4.79 Å². The van der Waals surface area contributed by atoms with E-state index in [0.717, 1.165) is 24.5 Å². The maximum atomic E-state index is 11.4. The van der Waals surface area contributed by atoms with Crippen molar-refractivity contribution in [1.29, 1.82) is 0 Å². The van der Waals surface area contributed by atoms with Crippen LogP contribution in [0.5, 0.6) is 0 Å². The van der Waals surface area contributed by atoms with Gasteiger partial charge in [0.2, 0.25) is 11.2 Å². The first-order chi connectivity index (χ1) is 7.90. The van der Waals surface area contributed by atoms with Crippen LogP contribution in [0.2, 0.25) is 5.28 Å². The van der Waals surface area contributed by atoms with Gasteiger partial charge in [-0.05, 0) is 31.9 Å². The molecule has 2 heterocycles. The predicted molar refractivity (Wildman–Crippen MR) is 65.9 cm³/mol. The van der Waals surface area contributed by atoms with Crippen LogP contribution in [0.3, 0.4) is 0 Å². The molecular formula is C11H15ClN4O. The number of hydrogen-bond donors (Lipinski definition) is 1. The highest BCUT2D eigenvalue weighted by molar-refractivity contribution is 6.28. The van der Waals surface area contributed by atoms with Crippen molar-refractivity contribution >= 4 is 23.3 Å². The highest BCUT2D eigenvalue weighted by Crippen LogP contribution is 2.32. The summed E-state index contributed by atoms with van der Waals surface area (Å²) in [4.78, 5) is 21.6. The summed E-state index contributed by atoms with van der Waals surface area (Å²) in [5.74, 6) is 0.490. The third-order valence-electron chi connectivity index (χ3n) is 3.21. The fourth-order valence-electron chi connectivity index (χ4n) is 2.04. The molecule has 1 fully saturated rings. The zero-order chi connectivity index (χ0) is 12.6. The highest BCUT2D eigenvalue weighted by Gasteiger charge is 2.39. The molecule has 92 valence electrons. The van der Waals surface area contributed by atoms with Gasteiger partial charge in [0.05, 0.1) is 5.41 Å². The molecular weight excluding hydrogens is 240 g/mol. The van der Waals surface area contributed by atoms with Gasteiger partial charge in [0.1, 0.15) is 5.82 Å². The Hall–Kier alpha value is -1.36. The van der Waals surface area contributed by atoms with E-state index in [0.29, 0.717) is 6.54 Å². The number of nitrogens with zero attached hydrogens (tertiary/aromatic N) is 3. The lowest BCUT2D eigenvalue weighted by molar-refractivity contribution is -0.125. The summed E-state index contributed by atoms with van der Waals surface area (Å²) in [5.41, 5.74) is 5.74. The van der Waals surface area contributed by atoms with Crippen LogP contribution in [0.4, 0.5) is 5.82 Å². The molecule has 1 saturated heterocycles. The zero-order valence-corrected chi connectivity index (χ0v) is 10.7. The van der Waals surface area contributed by atoms with E-state index in [1.807, 2.05) is 24.8 Å². The second-order valence-electron chi connectivity index (χ2n) is 4.73. The van der Waals surface area contributed by atoms with Gasteiger partial charge in [0.15, 0.2) is 0 Å². The Morgan fingerprint density at radius 3 is 2.82 bits per heavy atom. The summed E-state index contributed by atoms with van der Waals surface area (Å²) in [6, 6.07) is 1.86. The van der Waals surface area contributed by atoms with Gasteiger partial charge in [0, 0.05) is 24.8 Å². The molecule has 2 N–H and O–H groups in total. The van der Waals surface area contributed by atoms with Gasteiger partial charge >= 0.3 is 0 Å². The molecule has 1 aliphatic heterocycles. The van der Waals surface area contributed by atoms with Crippen molar-refractivity contribution < 1.29 is 4.79 Å². The van der Waals surface area contributed by atoms with Crippen LogP contribution >= 0.6 is 11.6 Å². The number of hydrogen-bond acceptors (Lipinski definition) is 4. The van der Waals surface area contributed by atoms with E-state index in [-0.39, 0.29) is 11.2 Å². The molecule has 0 saturated carbocycles. The van der Waals surface area contributed by atoms with E-state index in [1.165, 1.54) is 0 Å². The topological polar surface area (TPSA) is 72.1 Å². The third-order valence-corrected chi connectivity index (χ3v) is 3.37. The Kier molecular flexibility index (Phi) is 2.95. The van der Waals surface area contributed by atoms with Gasteiger partial charge in [-0.15, -0.1) is 0 Å². The molecule has 2 rings (SSSR count). The van der Waals surface area contributed by atoms with Gasteiger partial charge in [0.25, 0.3) is 0 Å². The summed E-state index contributed by atoms with van der Waals surface area (Å²) in [5, 5.41) is 0.229. The van der Waals surface area contributed by atoms with E-state index in [2.05, 4.69) is 9.97 Å². The largest absolute Gasteiger partial charge is 0.369 e. The second kappa shape index (κ2) is 4.14.